The van der Waals surface area contributed by atoms with Crippen LogP contribution in [0.2, 0.25) is 0 Å². The molecular formula is C15H21NO. The van der Waals surface area contributed by atoms with Crippen LogP contribution >= 0.6 is 0 Å². The zero-order chi connectivity index (χ0) is 12.0. The van der Waals surface area contributed by atoms with E-state index in [0.29, 0.717) is 17.4 Å². The van der Waals surface area contributed by atoms with Crippen LogP contribution in [0.25, 0.3) is 0 Å². The third-order valence-corrected chi connectivity index (χ3v) is 5.05. The summed E-state index contributed by atoms with van der Waals surface area (Å²) in [5.41, 5.74) is 3.26. The zero-order valence-corrected chi connectivity index (χ0v) is 10.9. The third kappa shape index (κ3) is 1.43. The third-order valence-electron chi connectivity index (χ3n) is 5.05. The molecule has 0 radical (unpaired) electrons. The van der Waals surface area contributed by atoms with Crippen molar-refractivity contribution in [2.75, 3.05) is 13.7 Å². The van der Waals surface area contributed by atoms with E-state index in [1.54, 1.807) is 7.11 Å². The van der Waals surface area contributed by atoms with Gasteiger partial charge in [0.25, 0.3) is 0 Å². The number of piperidine rings is 1. The summed E-state index contributed by atoms with van der Waals surface area (Å²) in [5, 5.41) is 3.66. The molecule has 2 heteroatoms. The van der Waals surface area contributed by atoms with Gasteiger partial charge in [-0.2, -0.15) is 0 Å². The lowest BCUT2D eigenvalue weighted by atomic mass is 9.59. The van der Waals surface area contributed by atoms with E-state index in [0.717, 1.165) is 18.7 Å². The first-order chi connectivity index (χ1) is 8.16. The van der Waals surface area contributed by atoms with Crippen molar-refractivity contribution in [3.8, 4) is 5.75 Å². The molecule has 1 aliphatic carbocycles. The predicted molar refractivity (Wildman–Crippen MR) is 69.6 cm³/mol. The summed E-state index contributed by atoms with van der Waals surface area (Å²) in [6.45, 7) is 5.95. The van der Waals surface area contributed by atoms with Crippen molar-refractivity contribution in [1.29, 1.82) is 0 Å². The lowest BCUT2D eigenvalue weighted by Gasteiger charge is -2.50. The molecule has 1 heterocycles. The molecule has 0 spiro atoms. The van der Waals surface area contributed by atoms with Crippen molar-refractivity contribution in [2.24, 2.45) is 5.92 Å². The molecule has 1 unspecified atom stereocenters. The number of rotatable bonds is 1. The molecule has 1 N–H and O–H groups in total. The topological polar surface area (TPSA) is 21.3 Å². The minimum absolute atomic E-state index is 0.318. The lowest BCUT2D eigenvalue weighted by molar-refractivity contribution is 0.156. The molecule has 1 saturated heterocycles. The van der Waals surface area contributed by atoms with Crippen LogP contribution in [0.5, 0.6) is 5.75 Å². The van der Waals surface area contributed by atoms with Crippen LogP contribution in [0, 0.1) is 5.92 Å². The fourth-order valence-corrected chi connectivity index (χ4v) is 3.72. The molecule has 0 aromatic heterocycles. The second-order valence-electron chi connectivity index (χ2n) is 5.71. The summed E-state index contributed by atoms with van der Waals surface area (Å²) in [5.74, 6) is 1.77. The van der Waals surface area contributed by atoms with E-state index in [-0.39, 0.29) is 0 Å². The molecule has 2 nitrogen and oxygen atoms in total. The van der Waals surface area contributed by atoms with Gasteiger partial charge in [0, 0.05) is 6.04 Å². The highest BCUT2D eigenvalue weighted by atomic mass is 16.5. The minimum Gasteiger partial charge on any atom is -0.496 e. The molecule has 2 aliphatic rings. The van der Waals surface area contributed by atoms with Gasteiger partial charge in [0.15, 0.2) is 0 Å². The van der Waals surface area contributed by atoms with Crippen LogP contribution < -0.4 is 10.1 Å². The van der Waals surface area contributed by atoms with Crippen molar-refractivity contribution in [1.82, 2.24) is 5.32 Å². The Hall–Kier alpha value is -1.02. The van der Waals surface area contributed by atoms with E-state index in [2.05, 4.69) is 37.4 Å². The molecule has 1 aromatic carbocycles. The lowest BCUT2D eigenvalue weighted by Crippen LogP contribution is -2.56. The first kappa shape index (κ1) is 11.1. The van der Waals surface area contributed by atoms with Crippen molar-refractivity contribution in [3.63, 3.8) is 0 Å². The largest absolute Gasteiger partial charge is 0.496 e. The van der Waals surface area contributed by atoms with Gasteiger partial charge in [-0.3, -0.25) is 0 Å². The fraction of sp³-hybridized carbons (Fsp3) is 0.600. The number of hydrogen-bond donors (Lipinski definition) is 1. The van der Waals surface area contributed by atoms with Crippen LogP contribution in [-0.2, 0) is 11.8 Å². The van der Waals surface area contributed by atoms with Gasteiger partial charge in [0.1, 0.15) is 5.75 Å². The Labute approximate surface area is 103 Å². The molecule has 1 fully saturated rings. The number of ether oxygens (including phenoxy) is 1. The molecule has 1 aromatic rings. The predicted octanol–water partition coefficient (Wildman–Crippen LogP) is 2.51. The van der Waals surface area contributed by atoms with E-state index in [9.17, 15) is 0 Å². The Bertz CT molecular complexity index is 443. The molecule has 0 amide bonds. The van der Waals surface area contributed by atoms with Gasteiger partial charge >= 0.3 is 0 Å². The Morgan fingerprint density at radius 1 is 1.41 bits per heavy atom. The van der Waals surface area contributed by atoms with Crippen molar-refractivity contribution >= 4 is 0 Å². The summed E-state index contributed by atoms with van der Waals surface area (Å²) in [4.78, 5) is 0. The Kier molecular flexibility index (Phi) is 2.44. The second kappa shape index (κ2) is 3.74. The van der Waals surface area contributed by atoms with Gasteiger partial charge in [0.05, 0.1) is 7.11 Å². The summed E-state index contributed by atoms with van der Waals surface area (Å²) in [6, 6.07) is 7.14. The zero-order valence-electron chi connectivity index (χ0n) is 10.9. The van der Waals surface area contributed by atoms with Crippen LogP contribution in [0.1, 0.15) is 31.4 Å². The summed E-state index contributed by atoms with van der Waals surface area (Å²) in [7, 11) is 1.78. The number of fused-ring (bicyclic) bond motifs is 4. The molecule has 2 bridgehead atoms. The van der Waals surface area contributed by atoms with Crippen LogP contribution in [0.3, 0.4) is 0 Å². The molecule has 0 saturated carbocycles. The van der Waals surface area contributed by atoms with Gasteiger partial charge in [-0.05, 0) is 47.9 Å². The van der Waals surface area contributed by atoms with Crippen molar-refractivity contribution in [3.05, 3.63) is 29.3 Å². The Morgan fingerprint density at radius 3 is 3.00 bits per heavy atom. The average Bonchev–Trinajstić information content (AvgIpc) is 2.33. The summed E-state index contributed by atoms with van der Waals surface area (Å²) < 4.78 is 5.53. The molecule has 3 rings (SSSR count). The number of hydrogen-bond acceptors (Lipinski definition) is 2. The van der Waals surface area contributed by atoms with E-state index in [1.165, 1.54) is 17.5 Å². The van der Waals surface area contributed by atoms with Crippen LogP contribution in [0.15, 0.2) is 18.2 Å². The maximum atomic E-state index is 5.53. The van der Waals surface area contributed by atoms with Crippen molar-refractivity contribution < 1.29 is 4.74 Å². The first-order valence-electron chi connectivity index (χ1n) is 6.56. The molecule has 3 atom stereocenters. The highest BCUT2D eigenvalue weighted by Gasteiger charge is 2.45. The van der Waals surface area contributed by atoms with Crippen LogP contribution in [0.4, 0.5) is 0 Å². The SMILES string of the molecule is COc1cccc2c1C[C@H]1NCC[C@]2(C)C1C. The van der Waals surface area contributed by atoms with Gasteiger partial charge in [-0.1, -0.05) is 26.0 Å². The van der Waals surface area contributed by atoms with E-state index < -0.39 is 0 Å². The minimum atomic E-state index is 0.318. The van der Waals surface area contributed by atoms with E-state index in [1.807, 2.05) is 0 Å². The maximum absolute atomic E-state index is 5.53. The molecule has 92 valence electrons. The summed E-state index contributed by atoms with van der Waals surface area (Å²) >= 11 is 0. The quantitative estimate of drug-likeness (QED) is 0.802. The molecule has 1 aliphatic heterocycles. The highest BCUT2D eigenvalue weighted by molar-refractivity contribution is 5.48. The molecule has 17 heavy (non-hydrogen) atoms. The van der Waals surface area contributed by atoms with Gasteiger partial charge < -0.3 is 10.1 Å². The van der Waals surface area contributed by atoms with E-state index >= 15 is 0 Å². The maximum Gasteiger partial charge on any atom is 0.122 e. The normalized spacial score (nSPS) is 35.2. The molecular weight excluding hydrogens is 210 g/mol. The second-order valence-corrected chi connectivity index (χ2v) is 5.71. The fourth-order valence-electron chi connectivity index (χ4n) is 3.72. The first-order valence-corrected chi connectivity index (χ1v) is 6.56. The van der Waals surface area contributed by atoms with Gasteiger partial charge in [0.2, 0.25) is 0 Å². The average molecular weight is 231 g/mol. The monoisotopic (exact) mass is 231 g/mol. The Balaban J connectivity index is 2.18. The summed E-state index contributed by atoms with van der Waals surface area (Å²) in [6.07, 6.45) is 2.33. The number of nitrogens with one attached hydrogen (secondary N) is 1. The Morgan fingerprint density at radius 2 is 2.24 bits per heavy atom. The number of methoxy groups -OCH3 is 1. The smallest absolute Gasteiger partial charge is 0.122 e. The number of benzene rings is 1. The van der Waals surface area contributed by atoms with Gasteiger partial charge in [-0.15, -0.1) is 0 Å². The van der Waals surface area contributed by atoms with E-state index in [4.69, 9.17) is 4.74 Å². The highest BCUT2D eigenvalue weighted by Crippen LogP contribution is 2.47. The van der Waals surface area contributed by atoms with Crippen LogP contribution in [-0.4, -0.2) is 19.7 Å². The standard InChI is InChI=1S/C15H21NO/c1-10-13-9-11-12(5-4-6-14(11)17-3)15(10,2)7-8-16-13/h4-6,10,13,16H,7-9H2,1-3H3/t10?,13-,15-/m1/s1. The van der Waals surface area contributed by atoms with Crippen molar-refractivity contribution in [2.45, 2.75) is 38.1 Å². The van der Waals surface area contributed by atoms with Gasteiger partial charge in [-0.25, -0.2) is 0 Å².